The number of ketones is 2. The molecule has 0 saturated heterocycles. The molecular weight excluding hydrogens is 883 g/mol. The van der Waals surface area contributed by atoms with Gasteiger partial charge in [0.15, 0.2) is 17.4 Å². The van der Waals surface area contributed by atoms with Crippen LogP contribution in [0.2, 0.25) is 5.02 Å². The number of aromatic nitrogens is 8. The van der Waals surface area contributed by atoms with Gasteiger partial charge >= 0.3 is 11.4 Å². The largest absolute Gasteiger partial charge is 0.377 e. The smallest absolute Gasteiger partial charge is 0.355 e. The highest BCUT2D eigenvalue weighted by molar-refractivity contribution is 6.34. The van der Waals surface area contributed by atoms with Gasteiger partial charge in [0.2, 0.25) is 11.9 Å². The molecule has 1 aliphatic heterocycles. The third-order valence-corrected chi connectivity index (χ3v) is 10.8. The van der Waals surface area contributed by atoms with E-state index in [0.29, 0.717) is 27.6 Å². The Morgan fingerprint density at radius 3 is 2.48 bits per heavy atom. The van der Waals surface area contributed by atoms with Crippen molar-refractivity contribution in [3.05, 3.63) is 121 Å². The van der Waals surface area contributed by atoms with E-state index in [2.05, 4.69) is 31.0 Å². The van der Waals surface area contributed by atoms with E-state index in [4.69, 9.17) is 21.1 Å². The summed E-state index contributed by atoms with van der Waals surface area (Å²) in [5.74, 6) is -7.12. The molecule has 0 radical (unpaired) electrons. The number of Topliss-reactive ketones (excluding diaryl/α,β-unsaturated/α-hetero) is 2. The van der Waals surface area contributed by atoms with Crippen molar-refractivity contribution in [1.82, 2.24) is 43.8 Å². The summed E-state index contributed by atoms with van der Waals surface area (Å²) < 4.78 is 58.3. The van der Waals surface area contributed by atoms with Gasteiger partial charge in [-0.25, -0.2) is 32.0 Å². The molecule has 6 aromatic rings. The van der Waals surface area contributed by atoms with Gasteiger partial charge in [-0.3, -0.25) is 38.1 Å². The lowest BCUT2D eigenvalue weighted by Gasteiger charge is -2.27. The molecule has 20 nitrogen and oxygen atoms in total. The molecule has 3 aromatic heterocycles. The molecule has 4 heterocycles. The van der Waals surface area contributed by atoms with Crippen molar-refractivity contribution >= 4 is 69.1 Å². The van der Waals surface area contributed by atoms with Gasteiger partial charge < -0.3 is 20.1 Å². The third kappa shape index (κ3) is 9.32. The van der Waals surface area contributed by atoms with Gasteiger partial charge in [-0.1, -0.05) is 22.9 Å². The number of halogens is 4. The number of ether oxygens (including phenoxy) is 2. The number of hydrogen-bond acceptors (Lipinski definition) is 14. The second-order valence-corrected chi connectivity index (χ2v) is 15.4. The van der Waals surface area contributed by atoms with Crippen LogP contribution in [-0.4, -0.2) is 106 Å². The number of aryl methyl sites for hydroxylation is 1. The minimum absolute atomic E-state index is 0.0115. The zero-order valence-electron chi connectivity index (χ0n) is 34.1. The summed E-state index contributed by atoms with van der Waals surface area (Å²) in [5.41, 5.74) is -1.48. The molecule has 1 saturated carbocycles. The van der Waals surface area contributed by atoms with Crippen molar-refractivity contribution < 1.29 is 46.6 Å². The first kappa shape index (κ1) is 44.2. The summed E-state index contributed by atoms with van der Waals surface area (Å²) in [4.78, 5) is 95.4. The molecule has 336 valence electrons. The molecule has 65 heavy (non-hydrogen) atoms. The zero-order chi connectivity index (χ0) is 46.1. The SMILES string of the molecule is Cn1cc2cc(Nc3nc(=O)n(Cc4cn(CCOCCOCC(=O)Nc5cccc6c5C(=O)N(C5CCC(=O)CC5=O)C6=O)nn4)c(=O)n3Cc3cc(F)c(F)cc3F)c(Cl)cc2n1. The second-order valence-electron chi connectivity index (χ2n) is 15.0. The Hall–Kier alpha value is -7.37. The fourth-order valence-electron chi connectivity index (χ4n) is 7.38. The molecule has 1 unspecified atom stereocenters. The standard InChI is InChI=1S/C41H35ClF3N11O9/c1-52-16-22-12-32(26(42)14-31(22)50-52)47-39-48-40(62)55(41(63)54(39)17-21-11-28(44)29(45)15-27(21)43)19-23-18-53(51-49-23)7-8-64-9-10-65-20-35(59)46-30-4-2-3-25-36(30)38(61)56(37(25)60)33-6-5-24(57)13-34(33)58/h2-4,11-12,14-16,18,33H,5-10,13,17,19-20H2,1H3,(H,46,59)(H,47,48,62). The van der Waals surface area contributed by atoms with Crippen LogP contribution >= 0.6 is 11.6 Å². The first-order chi connectivity index (χ1) is 31.1. The van der Waals surface area contributed by atoms with Crippen LogP contribution in [0.4, 0.5) is 30.5 Å². The van der Waals surface area contributed by atoms with E-state index in [1.54, 1.807) is 30.1 Å². The van der Waals surface area contributed by atoms with Crippen molar-refractivity contribution in [3.63, 3.8) is 0 Å². The highest BCUT2D eigenvalue weighted by Crippen LogP contribution is 2.34. The first-order valence-corrected chi connectivity index (χ1v) is 20.2. The molecular formula is C41H35ClF3N11O9. The molecule has 3 amide bonds. The topological polar surface area (TPSA) is 237 Å². The average Bonchev–Trinajstić information content (AvgIpc) is 3.93. The normalized spacial score (nSPS) is 15.0. The Bertz CT molecular complexity index is 3060. The molecule has 0 bridgehead atoms. The fraction of sp³-hybridized carbons (Fsp3) is 0.293. The summed E-state index contributed by atoms with van der Waals surface area (Å²) in [6.07, 6.45) is 2.90. The van der Waals surface area contributed by atoms with Crippen LogP contribution in [-0.2, 0) is 50.5 Å². The summed E-state index contributed by atoms with van der Waals surface area (Å²) >= 11 is 6.47. The van der Waals surface area contributed by atoms with E-state index in [1.807, 2.05) is 0 Å². The molecule has 3 aromatic carbocycles. The van der Waals surface area contributed by atoms with Gasteiger partial charge in [0.25, 0.3) is 11.8 Å². The van der Waals surface area contributed by atoms with Gasteiger partial charge in [-0.2, -0.15) is 10.1 Å². The maximum Gasteiger partial charge on any atom is 0.355 e. The van der Waals surface area contributed by atoms with E-state index < -0.39 is 83.6 Å². The summed E-state index contributed by atoms with van der Waals surface area (Å²) in [6.45, 7) is -1.22. The first-order valence-electron chi connectivity index (χ1n) is 19.8. The summed E-state index contributed by atoms with van der Waals surface area (Å²) in [7, 11) is 1.70. The van der Waals surface area contributed by atoms with Crippen LogP contribution in [0.3, 0.4) is 0 Å². The van der Waals surface area contributed by atoms with Gasteiger partial charge in [0.1, 0.15) is 23.9 Å². The number of rotatable bonds is 16. The van der Waals surface area contributed by atoms with Crippen molar-refractivity contribution in [2.24, 2.45) is 7.05 Å². The van der Waals surface area contributed by atoms with Crippen LogP contribution in [0.15, 0.2) is 64.4 Å². The number of benzene rings is 3. The van der Waals surface area contributed by atoms with E-state index in [1.165, 1.54) is 29.1 Å². The number of amides is 3. The molecule has 1 aliphatic carbocycles. The number of carbonyl (C=O) groups excluding carboxylic acids is 5. The molecule has 24 heteroatoms. The Kier molecular flexibility index (Phi) is 12.5. The van der Waals surface area contributed by atoms with Crippen LogP contribution < -0.4 is 22.0 Å². The predicted octanol–water partition coefficient (Wildman–Crippen LogP) is 2.75. The van der Waals surface area contributed by atoms with E-state index >= 15 is 0 Å². The van der Waals surface area contributed by atoms with Gasteiger partial charge in [0.05, 0.1) is 91.2 Å². The number of nitrogens with zero attached hydrogens (tertiary/aromatic N) is 9. The third-order valence-electron chi connectivity index (χ3n) is 10.5. The van der Waals surface area contributed by atoms with Crippen molar-refractivity contribution in [1.29, 1.82) is 0 Å². The number of carbonyl (C=O) groups is 5. The number of anilines is 3. The lowest BCUT2D eigenvalue weighted by molar-refractivity contribution is -0.132. The highest BCUT2D eigenvalue weighted by atomic mass is 35.5. The monoisotopic (exact) mass is 917 g/mol. The maximum atomic E-state index is 14.9. The van der Waals surface area contributed by atoms with Crippen LogP contribution in [0.25, 0.3) is 10.9 Å². The Balaban J connectivity index is 0.854. The maximum absolute atomic E-state index is 14.9. The fourth-order valence-corrected chi connectivity index (χ4v) is 7.58. The van der Waals surface area contributed by atoms with Crippen LogP contribution in [0.5, 0.6) is 0 Å². The predicted molar refractivity (Wildman–Crippen MR) is 221 cm³/mol. The molecule has 2 N–H and O–H groups in total. The molecule has 0 spiro atoms. The highest BCUT2D eigenvalue weighted by Gasteiger charge is 2.45. The minimum Gasteiger partial charge on any atom is -0.377 e. The zero-order valence-corrected chi connectivity index (χ0v) is 34.8. The van der Waals surface area contributed by atoms with Crippen molar-refractivity contribution in [2.75, 3.05) is 37.1 Å². The van der Waals surface area contributed by atoms with Crippen molar-refractivity contribution in [3.8, 4) is 0 Å². The summed E-state index contributed by atoms with van der Waals surface area (Å²) in [5, 5.41) is 18.5. The Morgan fingerprint density at radius 2 is 1.68 bits per heavy atom. The van der Waals surface area contributed by atoms with Gasteiger partial charge in [-0.05, 0) is 36.8 Å². The molecule has 1 atom stereocenters. The van der Waals surface area contributed by atoms with Crippen molar-refractivity contribution in [2.45, 2.75) is 44.9 Å². The number of imide groups is 1. The molecule has 8 rings (SSSR count). The van der Waals surface area contributed by atoms with E-state index in [9.17, 15) is 46.7 Å². The van der Waals surface area contributed by atoms with E-state index in [-0.39, 0.29) is 90.6 Å². The molecule has 2 aliphatic rings. The molecule has 1 fully saturated rings. The Labute approximate surface area is 368 Å². The number of fused-ring (bicyclic) bond motifs is 2. The van der Waals surface area contributed by atoms with E-state index in [0.717, 1.165) is 9.47 Å². The van der Waals surface area contributed by atoms with Crippen LogP contribution in [0.1, 0.15) is 51.2 Å². The Morgan fingerprint density at radius 1 is 0.892 bits per heavy atom. The van der Waals surface area contributed by atoms with Gasteiger partial charge in [-0.15, -0.1) is 5.10 Å². The summed E-state index contributed by atoms with van der Waals surface area (Å²) in [6, 6.07) is 7.36. The second kappa shape index (κ2) is 18.4. The average molecular weight is 918 g/mol. The lowest BCUT2D eigenvalue weighted by atomic mass is 9.92. The minimum atomic E-state index is -1.43. The van der Waals surface area contributed by atoms with Crippen LogP contribution in [0, 0.1) is 17.5 Å². The number of nitrogens with one attached hydrogen (secondary N) is 2. The lowest BCUT2D eigenvalue weighted by Crippen LogP contribution is -2.47. The van der Waals surface area contributed by atoms with Gasteiger partial charge in [0, 0.05) is 36.7 Å². The quantitative estimate of drug-likeness (QED) is 0.0615. The number of hydrogen-bond donors (Lipinski definition) is 2.